The number of carbonyl (C=O) groups excluding carboxylic acids is 1. The van der Waals surface area contributed by atoms with Crippen LogP contribution in [0.15, 0.2) is 18.2 Å². The molecule has 0 aliphatic heterocycles. The van der Waals surface area contributed by atoms with Crippen molar-refractivity contribution in [2.45, 2.75) is 33.2 Å². The molecule has 0 aromatic heterocycles. The van der Waals surface area contributed by atoms with Crippen molar-refractivity contribution in [3.8, 4) is 5.75 Å². The summed E-state index contributed by atoms with van der Waals surface area (Å²) in [6.07, 6.45) is 0.889. The molecule has 0 saturated heterocycles. The summed E-state index contributed by atoms with van der Waals surface area (Å²) >= 11 is 5.98. The van der Waals surface area contributed by atoms with Crippen molar-refractivity contribution in [3.05, 3.63) is 28.8 Å². The van der Waals surface area contributed by atoms with Gasteiger partial charge in [0.1, 0.15) is 5.75 Å². The molecular formula is C13H18ClNO2. The third-order valence-corrected chi connectivity index (χ3v) is 2.86. The highest BCUT2D eigenvalue weighted by Gasteiger charge is 2.20. The lowest BCUT2D eigenvalue weighted by atomic mass is 10.1. The second-order valence-electron chi connectivity index (χ2n) is 4.26. The number of phenols is 1. The van der Waals surface area contributed by atoms with Crippen LogP contribution < -0.4 is 0 Å². The first-order chi connectivity index (χ1) is 7.97. The number of hydrogen-bond donors (Lipinski definition) is 1. The van der Waals surface area contributed by atoms with Gasteiger partial charge in [-0.15, -0.1) is 0 Å². The Morgan fingerprint density at radius 2 is 2.12 bits per heavy atom. The van der Waals surface area contributed by atoms with E-state index in [1.807, 2.05) is 20.8 Å². The lowest BCUT2D eigenvalue weighted by molar-refractivity contribution is 0.0705. The number of benzene rings is 1. The summed E-state index contributed by atoms with van der Waals surface area (Å²) in [5.74, 6) is -0.0827. The van der Waals surface area contributed by atoms with E-state index in [1.165, 1.54) is 18.2 Å². The van der Waals surface area contributed by atoms with Crippen LogP contribution in [0.2, 0.25) is 5.02 Å². The van der Waals surface area contributed by atoms with Gasteiger partial charge >= 0.3 is 0 Å². The van der Waals surface area contributed by atoms with Crippen LogP contribution >= 0.6 is 11.6 Å². The third kappa shape index (κ3) is 3.37. The monoisotopic (exact) mass is 255 g/mol. The van der Waals surface area contributed by atoms with Gasteiger partial charge in [-0.1, -0.05) is 18.5 Å². The van der Waals surface area contributed by atoms with Crippen molar-refractivity contribution in [1.29, 1.82) is 0 Å². The first-order valence-corrected chi connectivity index (χ1v) is 6.14. The summed E-state index contributed by atoms with van der Waals surface area (Å²) in [6, 6.07) is 4.53. The second kappa shape index (κ2) is 5.92. The van der Waals surface area contributed by atoms with Gasteiger partial charge in [-0.05, 0) is 38.5 Å². The van der Waals surface area contributed by atoms with E-state index < -0.39 is 0 Å². The molecular weight excluding hydrogens is 238 g/mol. The first kappa shape index (κ1) is 13.8. The van der Waals surface area contributed by atoms with Crippen LogP contribution in [-0.4, -0.2) is 28.5 Å². The Labute approximate surface area is 107 Å². The number of aromatic hydroxyl groups is 1. The molecule has 0 atom stereocenters. The maximum Gasteiger partial charge on any atom is 0.255 e. The lowest BCUT2D eigenvalue weighted by Gasteiger charge is -2.26. The maximum atomic E-state index is 12.3. The van der Waals surface area contributed by atoms with Gasteiger partial charge in [-0.2, -0.15) is 0 Å². The largest absolute Gasteiger partial charge is 0.508 e. The Balaban J connectivity index is 3.04. The molecule has 1 aromatic carbocycles. The highest BCUT2D eigenvalue weighted by molar-refractivity contribution is 6.33. The summed E-state index contributed by atoms with van der Waals surface area (Å²) in [4.78, 5) is 14.0. The Kier molecular flexibility index (Phi) is 4.82. The zero-order valence-corrected chi connectivity index (χ0v) is 11.2. The van der Waals surface area contributed by atoms with Crippen LogP contribution in [0.5, 0.6) is 5.75 Å². The van der Waals surface area contributed by atoms with E-state index in [9.17, 15) is 9.90 Å². The van der Waals surface area contributed by atoms with Gasteiger partial charge in [-0.25, -0.2) is 0 Å². The van der Waals surface area contributed by atoms with E-state index in [0.29, 0.717) is 17.1 Å². The summed E-state index contributed by atoms with van der Waals surface area (Å²) in [7, 11) is 0. The van der Waals surface area contributed by atoms with E-state index >= 15 is 0 Å². The summed E-state index contributed by atoms with van der Waals surface area (Å²) in [6.45, 7) is 6.63. The zero-order chi connectivity index (χ0) is 13.0. The van der Waals surface area contributed by atoms with Crippen molar-refractivity contribution in [2.24, 2.45) is 0 Å². The molecule has 0 heterocycles. The molecule has 94 valence electrons. The van der Waals surface area contributed by atoms with Crippen molar-refractivity contribution in [3.63, 3.8) is 0 Å². The molecule has 0 radical (unpaired) electrons. The van der Waals surface area contributed by atoms with Gasteiger partial charge in [0, 0.05) is 12.6 Å². The van der Waals surface area contributed by atoms with Gasteiger partial charge in [0.15, 0.2) is 0 Å². The van der Waals surface area contributed by atoms with Crippen molar-refractivity contribution in [1.82, 2.24) is 4.90 Å². The number of phenolic OH excluding ortho intramolecular Hbond substituents is 1. The molecule has 0 saturated carbocycles. The first-order valence-electron chi connectivity index (χ1n) is 5.76. The molecule has 0 bridgehead atoms. The predicted octanol–water partition coefficient (Wildman–Crippen LogP) is 3.31. The molecule has 4 heteroatoms. The topological polar surface area (TPSA) is 40.5 Å². The minimum absolute atomic E-state index is 0.0537. The van der Waals surface area contributed by atoms with Crippen LogP contribution in [0.4, 0.5) is 0 Å². The Hall–Kier alpha value is -1.22. The van der Waals surface area contributed by atoms with Gasteiger partial charge < -0.3 is 10.0 Å². The fourth-order valence-electron chi connectivity index (χ4n) is 1.67. The summed E-state index contributed by atoms with van der Waals surface area (Å²) in [5, 5.41) is 9.78. The SMILES string of the molecule is CCCN(C(=O)c1cc(O)ccc1Cl)C(C)C. The number of hydrogen-bond acceptors (Lipinski definition) is 2. The predicted molar refractivity (Wildman–Crippen MR) is 69.6 cm³/mol. The molecule has 3 nitrogen and oxygen atoms in total. The van der Waals surface area contributed by atoms with Crippen LogP contribution in [0, 0.1) is 0 Å². The maximum absolute atomic E-state index is 12.3. The number of amides is 1. The average Bonchev–Trinajstić information content (AvgIpc) is 2.28. The van der Waals surface area contributed by atoms with E-state index in [-0.39, 0.29) is 17.7 Å². The summed E-state index contributed by atoms with van der Waals surface area (Å²) in [5.41, 5.74) is 0.355. The van der Waals surface area contributed by atoms with Crippen molar-refractivity contribution < 1.29 is 9.90 Å². The fraction of sp³-hybridized carbons (Fsp3) is 0.462. The highest BCUT2D eigenvalue weighted by Crippen LogP contribution is 2.23. The molecule has 0 spiro atoms. The number of halogens is 1. The lowest BCUT2D eigenvalue weighted by Crippen LogP contribution is -2.37. The van der Waals surface area contributed by atoms with Crippen LogP contribution in [0.1, 0.15) is 37.6 Å². The molecule has 0 fully saturated rings. The van der Waals surface area contributed by atoms with Crippen LogP contribution in [-0.2, 0) is 0 Å². The standard InChI is InChI=1S/C13H18ClNO2/c1-4-7-15(9(2)3)13(17)11-8-10(16)5-6-12(11)14/h5-6,8-9,16H,4,7H2,1-3H3. The van der Waals surface area contributed by atoms with Crippen molar-refractivity contribution in [2.75, 3.05) is 6.54 Å². The highest BCUT2D eigenvalue weighted by atomic mass is 35.5. The van der Waals surface area contributed by atoms with E-state index in [2.05, 4.69) is 0 Å². The minimum atomic E-state index is -0.136. The molecule has 17 heavy (non-hydrogen) atoms. The number of nitrogens with zero attached hydrogens (tertiary/aromatic N) is 1. The normalized spacial score (nSPS) is 10.6. The molecule has 1 aromatic rings. The molecule has 1 N–H and O–H groups in total. The van der Waals surface area contributed by atoms with Gasteiger partial charge in [0.25, 0.3) is 5.91 Å². The van der Waals surface area contributed by atoms with Crippen molar-refractivity contribution >= 4 is 17.5 Å². The number of rotatable bonds is 4. The minimum Gasteiger partial charge on any atom is -0.508 e. The zero-order valence-electron chi connectivity index (χ0n) is 10.4. The smallest absolute Gasteiger partial charge is 0.255 e. The summed E-state index contributed by atoms with van der Waals surface area (Å²) < 4.78 is 0. The second-order valence-corrected chi connectivity index (χ2v) is 4.66. The number of carbonyl (C=O) groups is 1. The van der Waals surface area contributed by atoms with E-state index in [4.69, 9.17) is 11.6 Å². The fourth-order valence-corrected chi connectivity index (χ4v) is 1.87. The van der Waals surface area contributed by atoms with Crippen LogP contribution in [0.3, 0.4) is 0 Å². The van der Waals surface area contributed by atoms with Gasteiger partial charge in [-0.3, -0.25) is 4.79 Å². The Bertz CT molecular complexity index is 404. The molecule has 0 aliphatic rings. The van der Waals surface area contributed by atoms with Crippen LogP contribution in [0.25, 0.3) is 0 Å². The average molecular weight is 256 g/mol. The molecule has 0 aliphatic carbocycles. The Morgan fingerprint density at radius 3 is 2.65 bits per heavy atom. The quantitative estimate of drug-likeness (QED) is 0.897. The molecule has 1 rings (SSSR count). The molecule has 1 amide bonds. The Morgan fingerprint density at radius 1 is 1.47 bits per heavy atom. The third-order valence-electron chi connectivity index (χ3n) is 2.53. The molecule has 0 unspecified atom stereocenters. The van der Waals surface area contributed by atoms with Gasteiger partial charge in [0.2, 0.25) is 0 Å². The van der Waals surface area contributed by atoms with Gasteiger partial charge in [0.05, 0.1) is 10.6 Å². The van der Waals surface area contributed by atoms with E-state index in [0.717, 1.165) is 6.42 Å². The van der Waals surface area contributed by atoms with E-state index in [1.54, 1.807) is 4.90 Å².